The van der Waals surface area contributed by atoms with Crippen molar-refractivity contribution in [2.24, 2.45) is 4.99 Å². The molecule has 0 saturated heterocycles. The van der Waals surface area contributed by atoms with E-state index in [0.717, 1.165) is 12.5 Å². The minimum Gasteiger partial charge on any atom is -0.465 e. The number of nitrogens with zero attached hydrogens (tertiary/aromatic N) is 3. The molecule has 0 aliphatic carbocycles. The van der Waals surface area contributed by atoms with Gasteiger partial charge in [-0.25, -0.2) is 15.0 Å². The molecule has 0 atom stereocenters. The minimum absolute atomic E-state index is 0.186. The lowest BCUT2D eigenvalue weighted by atomic mass is 9.98. The maximum atomic E-state index is 13.8. The summed E-state index contributed by atoms with van der Waals surface area (Å²) in [7, 11) is 0. The fourth-order valence-electron chi connectivity index (χ4n) is 5.00. The molecule has 0 aliphatic rings. The Bertz CT molecular complexity index is 2010. The molecule has 5 nitrogen and oxygen atoms in total. The van der Waals surface area contributed by atoms with E-state index in [-0.39, 0.29) is 36.4 Å². The molecule has 5 rings (SSSR count). The summed E-state index contributed by atoms with van der Waals surface area (Å²) >= 11 is 0. The Kier molecular flexibility index (Phi) is 9.84. The number of hydrogen-bond acceptors (Lipinski definition) is 5. The molecule has 17 heteroatoms. The van der Waals surface area contributed by atoms with Crippen molar-refractivity contribution >= 4 is 17.9 Å². The first-order chi connectivity index (χ1) is 24.2. The zero-order valence-electron chi connectivity index (χ0n) is 25.8. The van der Waals surface area contributed by atoms with E-state index in [4.69, 9.17) is 10.5 Å². The monoisotopic (exact) mass is 740 g/mol. The van der Waals surface area contributed by atoms with Crippen LogP contribution in [0.1, 0.15) is 27.8 Å². The number of halogens is 12. The Balaban J connectivity index is 1.80. The van der Waals surface area contributed by atoms with Crippen LogP contribution in [0, 0.1) is 0 Å². The summed E-state index contributed by atoms with van der Waals surface area (Å²) in [4.78, 5) is 11.9. The van der Waals surface area contributed by atoms with Crippen LogP contribution in [0.15, 0.2) is 103 Å². The van der Waals surface area contributed by atoms with E-state index >= 15 is 0 Å². The first-order valence-electron chi connectivity index (χ1n) is 14.4. The van der Waals surface area contributed by atoms with Crippen LogP contribution in [0.3, 0.4) is 0 Å². The Morgan fingerprint density at radius 1 is 0.577 bits per heavy atom. The molecule has 0 fully saturated rings. The van der Waals surface area contributed by atoms with Gasteiger partial charge < -0.3 is 10.5 Å². The average Bonchev–Trinajstić information content (AvgIpc) is 3.06. The Hall–Kier alpha value is -5.87. The van der Waals surface area contributed by atoms with E-state index in [1.165, 1.54) is 6.07 Å². The second-order valence-corrected chi connectivity index (χ2v) is 10.8. The number of hydrogen-bond donors (Lipinski definition) is 1. The normalized spacial score (nSPS) is 12.7. The summed E-state index contributed by atoms with van der Waals surface area (Å²) < 4.78 is 171. The van der Waals surface area contributed by atoms with Crippen LogP contribution in [-0.2, 0) is 24.7 Å². The van der Waals surface area contributed by atoms with Gasteiger partial charge in [0.2, 0.25) is 0 Å². The molecule has 2 N–H and O–H groups in total. The van der Waals surface area contributed by atoms with Crippen LogP contribution in [0.4, 0.5) is 64.3 Å². The summed E-state index contributed by atoms with van der Waals surface area (Å²) in [6, 6.07) is 13.6. The smallest absolute Gasteiger partial charge is 0.416 e. The van der Waals surface area contributed by atoms with Crippen molar-refractivity contribution in [2.45, 2.75) is 24.7 Å². The highest BCUT2D eigenvalue weighted by molar-refractivity contribution is 5.93. The van der Waals surface area contributed by atoms with Gasteiger partial charge in [-0.05, 0) is 48.0 Å². The molecule has 0 spiro atoms. The number of aromatic nitrogens is 2. The summed E-state index contributed by atoms with van der Waals surface area (Å²) in [5.74, 6) is -0.441. The first kappa shape index (κ1) is 37.4. The quantitative estimate of drug-likeness (QED) is 0.102. The van der Waals surface area contributed by atoms with E-state index < -0.39 is 81.1 Å². The molecule has 270 valence electrons. The van der Waals surface area contributed by atoms with E-state index in [2.05, 4.69) is 21.5 Å². The summed E-state index contributed by atoms with van der Waals surface area (Å²) in [5, 5.41) is 0. The lowest BCUT2D eigenvalue weighted by Crippen LogP contribution is -2.12. The van der Waals surface area contributed by atoms with Crippen LogP contribution in [0.2, 0.25) is 0 Å². The molecule has 1 heterocycles. The molecule has 5 aromatic rings. The van der Waals surface area contributed by atoms with Crippen LogP contribution in [0.25, 0.3) is 33.6 Å². The predicted octanol–water partition coefficient (Wildman–Crippen LogP) is 11.4. The average molecular weight is 741 g/mol. The number of nitrogens with two attached hydrogens (primary N) is 1. The van der Waals surface area contributed by atoms with Crippen molar-refractivity contribution in [1.82, 2.24) is 9.97 Å². The van der Waals surface area contributed by atoms with Crippen LogP contribution < -0.4 is 10.5 Å². The van der Waals surface area contributed by atoms with Gasteiger partial charge >= 0.3 is 24.7 Å². The van der Waals surface area contributed by atoms with E-state index in [9.17, 15) is 52.7 Å². The highest BCUT2D eigenvalue weighted by Crippen LogP contribution is 2.44. The standard InChI is InChI=1S/C35H20F12N4O/c1-2-52-27-10-6-5-9-26(27)25-8-4-3-7-18(25)17-49-31-50-29(19-11-21(32(36,37)38)15-22(12-19)33(39,40)41)28(48)30(51-31)20-13-23(34(42,43)44)16-24(14-20)35(45,46)47/h2-17H,1,48H2/b49-17+. The zero-order valence-corrected chi connectivity index (χ0v) is 25.8. The molecule has 0 saturated carbocycles. The molecular formula is C35H20F12N4O. The third-order valence-electron chi connectivity index (χ3n) is 7.32. The van der Waals surface area contributed by atoms with Crippen molar-refractivity contribution in [3.05, 3.63) is 126 Å². The fourth-order valence-corrected chi connectivity index (χ4v) is 5.00. The van der Waals surface area contributed by atoms with Gasteiger partial charge in [0.25, 0.3) is 5.95 Å². The second-order valence-electron chi connectivity index (χ2n) is 10.8. The third-order valence-corrected chi connectivity index (χ3v) is 7.32. The number of rotatable bonds is 7. The van der Waals surface area contributed by atoms with Crippen LogP contribution in [0.5, 0.6) is 5.75 Å². The number of para-hydroxylation sites is 1. The Morgan fingerprint density at radius 2 is 0.981 bits per heavy atom. The zero-order chi connectivity index (χ0) is 38.2. The van der Waals surface area contributed by atoms with Crippen LogP contribution >= 0.6 is 0 Å². The molecule has 4 aromatic carbocycles. The predicted molar refractivity (Wildman–Crippen MR) is 167 cm³/mol. The van der Waals surface area contributed by atoms with E-state index in [1.807, 2.05) is 0 Å². The van der Waals surface area contributed by atoms with E-state index in [1.54, 1.807) is 42.5 Å². The van der Waals surface area contributed by atoms with Crippen molar-refractivity contribution < 1.29 is 57.4 Å². The molecule has 0 amide bonds. The fraction of sp³-hybridized carbons (Fsp3) is 0.114. The number of nitrogen functional groups attached to an aromatic ring is 1. The third kappa shape index (κ3) is 8.19. The number of ether oxygens (including phenoxy) is 1. The molecule has 52 heavy (non-hydrogen) atoms. The number of benzene rings is 4. The van der Waals surface area contributed by atoms with Gasteiger partial charge in [-0.2, -0.15) is 52.7 Å². The SMILES string of the molecule is C=COc1ccccc1-c1ccccc1/C=N/c1nc(-c2cc(C(F)(F)F)cc(C(F)(F)F)c2)c(N)c(-c2cc(C(F)(F)F)cc(C(F)(F)F)c2)n1. The van der Waals surface area contributed by atoms with Gasteiger partial charge in [0, 0.05) is 28.5 Å². The van der Waals surface area contributed by atoms with Crippen molar-refractivity contribution in [2.75, 3.05) is 5.73 Å². The van der Waals surface area contributed by atoms with Gasteiger partial charge in [-0.3, -0.25) is 0 Å². The molecule has 0 bridgehead atoms. The first-order valence-corrected chi connectivity index (χ1v) is 14.4. The molecule has 1 aromatic heterocycles. The largest absolute Gasteiger partial charge is 0.465 e. The lowest BCUT2D eigenvalue weighted by molar-refractivity contribution is -0.144. The topological polar surface area (TPSA) is 73.4 Å². The summed E-state index contributed by atoms with van der Waals surface area (Å²) in [6.45, 7) is 3.51. The van der Waals surface area contributed by atoms with Crippen LogP contribution in [-0.4, -0.2) is 16.2 Å². The summed E-state index contributed by atoms with van der Waals surface area (Å²) in [6.07, 6.45) is -19.1. The van der Waals surface area contributed by atoms with Gasteiger partial charge in [-0.1, -0.05) is 49.0 Å². The van der Waals surface area contributed by atoms with Gasteiger partial charge in [-0.15, -0.1) is 0 Å². The van der Waals surface area contributed by atoms with Gasteiger partial charge in [0.05, 0.1) is 45.6 Å². The number of aliphatic imine (C=N–C) groups is 1. The summed E-state index contributed by atoms with van der Waals surface area (Å²) in [5.41, 5.74) is -4.39. The van der Waals surface area contributed by atoms with Crippen molar-refractivity contribution in [3.8, 4) is 39.4 Å². The van der Waals surface area contributed by atoms with Crippen molar-refractivity contribution in [3.63, 3.8) is 0 Å². The molecular weight excluding hydrogens is 720 g/mol. The molecule has 0 aliphatic heterocycles. The highest BCUT2D eigenvalue weighted by Gasteiger charge is 2.39. The van der Waals surface area contributed by atoms with E-state index in [0.29, 0.717) is 22.4 Å². The maximum absolute atomic E-state index is 13.8. The highest BCUT2D eigenvalue weighted by atomic mass is 19.4. The van der Waals surface area contributed by atoms with Gasteiger partial charge in [0.15, 0.2) is 0 Å². The number of anilines is 1. The van der Waals surface area contributed by atoms with Crippen molar-refractivity contribution in [1.29, 1.82) is 0 Å². The Labute approximate surface area is 285 Å². The Morgan fingerprint density at radius 3 is 1.40 bits per heavy atom. The van der Waals surface area contributed by atoms with Gasteiger partial charge in [0.1, 0.15) is 5.75 Å². The lowest BCUT2D eigenvalue weighted by Gasteiger charge is -2.18. The second kappa shape index (κ2) is 13.7. The molecule has 0 radical (unpaired) electrons. The molecule has 0 unspecified atom stereocenters. The maximum Gasteiger partial charge on any atom is 0.416 e. The number of alkyl halides is 12. The minimum atomic E-state index is -5.33.